The third-order valence-electron chi connectivity index (χ3n) is 7.85. The number of nitrogens with zero attached hydrogens (tertiary/aromatic N) is 7. The summed E-state index contributed by atoms with van der Waals surface area (Å²) in [4.78, 5) is 32.5. The second-order valence-corrected chi connectivity index (χ2v) is 11.9. The molecule has 254 valence electrons. The van der Waals surface area contributed by atoms with Gasteiger partial charge in [-0.05, 0) is 62.2 Å². The standard InChI is InChI=1S/C19H18F3N7O3.C6H10F2.C4H6N2O/c20-19(21,22)13-5-11(17(30)26-13)3-9-4-14-25-12(8-29(14)24-6-9)7-23-18(31)16-15(10-1-2-10)27-32-28-16;7-6(8)4-2-1-3-5-6;1-3-5-4(2)7-6-3/h4,6,8,10-11,13H,1-3,5,7H2,(H,23,31)(H,26,30);1-5H2;1-2H3. The van der Waals surface area contributed by atoms with Gasteiger partial charge in [0.15, 0.2) is 17.2 Å². The lowest BCUT2D eigenvalue weighted by molar-refractivity contribution is -0.154. The maximum atomic E-state index is 12.9. The number of hydrogen-bond acceptors (Lipinski definition) is 10. The summed E-state index contributed by atoms with van der Waals surface area (Å²) >= 11 is 0. The van der Waals surface area contributed by atoms with Gasteiger partial charge in [0.2, 0.25) is 17.7 Å². The Bertz CT molecular complexity index is 1660. The van der Waals surface area contributed by atoms with Crippen LogP contribution in [0.3, 0.4) is 0 Å². The molecule has 13 nitrogen and oxygen atoms in total. The molecule has 2 saturated carbocycles. The summed E-state index contributed by atoms with van der Waals surface area (Å²) in [5.74, 6) is -2.60. The zero-order valence-corrected chi connectivity index (χ0v) is 25.7. The van der Waals surface area contributed by atoms with Crippen molar-refractivity contribution in [1.82, 2.24) is 45.7 Å². The Morgan fingerprint density at radius 3 is 2.40 bits per heavy atom. The van der Waals surface area contributed by atoms with Gasteiger partial charge in [0.25, 0.3) is 5.91 Å². The Labute approximate surface area is 265 Å². The smallest absolute Gasteiger partial charge is 0.345 e. The monoisotopic (exact) mass is 667 g/mol. The second kappa shape index (κ2) is 14.1. The van der Waals surface area contributed by atoms with Gasteiger partial charge in [-0.2, -0.15) is 23.3 Å². The Hall–Kier alpha value is -4.51. The van der Waals surface area contributed by atoms with E-state index in [2.05, 4.69) is 45.0 Å². The maximum Gasteiger partial charge on any atom is 0.408 e. The molecule has 4 aromatic rings. The van der Waals surface area contributed by atoms with E-state index in [1.807, 2.05) is 5.32 Å². The van der Waals surface area contributed by atoms with Crippen molar-refractivity contribution in [2.24, 2.45) is 5.92 Å². The molecule has 2 N–H and O–H groups in total. The van der Waals surface area contributed by atoms with Crippen LogP contribution in [0.15, 0.2) is 27.6 Å². The molecule has 0 aromatic carbocycles. The first-order chi connectivity index (χ1) is 22.3. The molecule has 2 unspecified atom stereocenters. The number of halogens is 5. The van der Waals surface area contributed by atoms with Crippen molar-refractivity contribution in [3.63, 3.8) is 0 Å². The average Bonchev–Trinajstić information content (AvgIpc) is 3.30. The summed E-state index contributed by atoms with van der Waals surface area (Å²) < 4.78 is 73.8. The van der Waals surface area contributed by atoms with Crippen molar-refractivity contribution in [1.29, 1.82) is 0 Å². The van der Waals surface area contributed by atoms with Gasteiger partial charge in [-0.3, -0.25) is 9.59 Å². The number of imidazole rings is 1. The van der Waals surface area contributed by atoms with Crippen molar-refractivity contribution >= 4 is 17.5 Å². The Morgan fingerprint density at radius 2 is 1.85 bits per heavy atom. The summed E-state index contributed by atoms with van der Waals surface area (Å²) in [5.41, 5.74) is 2.32. The van der Waals surface area contributed by atoms with Crippen molar-refractivity contribution < 1.29 is 40.7 Å². The highest BCUT2D eigenvalue weighted by Gasteiger charge is 2.47. The highest BCUT2D eigenvalue weighted by atomic mass is 19.4. The fraction of sp³-hybridized carbons (Fsp3) is 0.586. The number of alkyl halides is 5. The Balaban J connectivity index is 0.000000236. The molecular weight excluding hydrogens is 633 g/mol. The molecule has 2 atom stereocenters. The number of nitrogens with one attached hydrogen (secondary N) is 2. The van der Waals surface area contributed by atoms with Gasteiger partial charge < -0.3 is 15.2 Å². The molecule has 0 bridgehead atoms. The van der Waals surface area contributed by atoms with Gasteiger partial charge in [-0.1, -0.05) is 16.7 Å². The number of rotatable bonds is 6. The average molecular weight is 668 g/mol. The van der Waals surface area contributed by atoms with Crippen LogP contribution in [0.2, 0.25) is 0 Å². The lowest BCUT2D eigenvalue weighted by Gasteiger charge is -2.20. The van der Waals surface area contributed by atoms with Crippen LogP contribution in [0, 0.1) is 19.8 Å². The quantitative estimate of drug-likeness (QED) is 0.273. The SMILES string of the molecule is Cc1noc(C)n1.FC1(F)CCCCC1.O=C(NCc1cn2ncc(CC3CC(C(F)(F)F)NC3=O)cc2n1)c1nonc1C1CC1. The third-order valence-corrected chi connectivity index (χ3v) is 7.85. The molecule has 0 radical (unpaired) electrons. The zero-order valence-electron chi connectivity index (χ0n) is 25.7. The number of amides is 2. The zero-order chi connectivity index (χ0) is 33.8. The molecule has 4 aromatic heterocycles. The highest BCUT2D eigenvalue weighted by molar-refractivity contribution is 5.93. The van der Waals surface area contributed by atoms with Gasteiger partial charge in [0.05, 0.1) is 24.6 Å². The number of hydrogen-bond donors (Lipinski definition) is 2. The predicted octanol–water partition coefficient (Wildman–Crippen LogP) is 4.80. The molecule has 0 spiro atoms. The van der Waals surface area contributed by atoms with Crippen molar-refractivity contribution in [3.05, 3.63) is 52.8 Å². The number of carbonyl (C=O) groups excluding carboxylic acids is 2. The van der Waals surface area contributed by atoms with Crippen LogP contribution in [-0.4, -0.2) is 65.0 Å². The molecule has 5 heterocycles. The van der Waals surface area contributed by atoms with Crippen LogP contribution in [0.1, 0.15) is 96.4 Å². The van der Waals surface area contributed by atoms with Crippen LogP contribution >= 0.6 is 0 Å². The Kier molecular flexibility index (Phi) is 10.1. The first-order valence-electron chi connectivity index (χ1n) is 15.2. The van der Waals surface area contributed by atoms with E-state index in [1.165, 1.54) is 10.7 Å². The lowest BCUT2D eigenvalue weighted by atomic mass is 9.97. The van der Waals surface area contributed by atoms with Crippen LogP contribution in [0.25, 0.3) is 5.65 Å². The summed E-state index contributed by atoms with van der Waals surface area (Å²) in [5, 5.41) is 19.9. The van der Waals surface area contributed by atoms with Gasteiger partial charge >= 0.3 is 6.18 Å². The largest absolute Gasteiger partial charge is 0.408 e. The molecule has 1 saturated heterocycles. The molecule has 18 heteroatoms. The molecule has 2 amide bonds. The maximum absolute atomic E-state index is 12.9. The van der Waals surface area contributed by atoms with Crippen molar-refractivity contribution in [2.75, 3.05) is 0 Å². The molecular formula is C29H34F5N9O4. The molecule has 47 heavy (non-hydrogen) atoms. The van der Waals surface area contributed by atoms with Crippen molar-refractivity contribution in [3.8, 4) is 0 Å². The normalized spacial score (nSPS) is 20.5. The van der Waals surface area contributed by atoms with Crippen LogP contribution in [-0.2, 0) is 17.8 Å². The highest BCUT2D eigenvalue weighted by Crippen LogP contribution is 2.40. The first-order valence-corrected chi connectivity index (χ1v) is 15.2. The minimum atomic E-state index is -4.46. The summed E-state index contributed by atoms with van der Waals surface area (Å²) in [6.45, 7) is 3.67. The van der Waals surface area contributed by atoms with Gasteiger partial charge in [0.1, 0.15) is 11.7 Å². The molecule has 3 aliphatic rings. The number of fused-ring (bicyclic) bond motifs is 1. The van der Waals surface area contributed by atoms with Crippen LogP contribution in [0.5, 0.6) is 0 Å². The second-order valence-electron chi connectivity index (χ2n) is 11.9. The minimum Gasteiger partial charge on any atom is -0.345 e. The lowest BCUT2D eigenvalue weighted by Crippen LogP contribution is -2.38. The fourth-order valence-electron chi connectivity index (χ4n) is 5.28. The fourth-order valence-corrected chi connectivity index (χ4v) is 5.28. The number of carbonyl (C=O) groups is 2. The Morgan fingerprint density at radius 1 is 1.11 bits per heavy atom. The van der Waals surface area contributed by atoms with Gasteiger partial charge in [-0.25, -0.2) is 22.9 Å². The van der Waals surface area contributed by atoms with E-state index < -0.39 is 35.9 Å². The van der Waals surface area contributed by atoms with Gasteiger partial charge in [-0.15, -0.1) is 0 Å². The summed E-state index contributed by atoms with van der Waals surface area (Å²) in [6.07, 6.45) is 3.05. The van der Waals surface area contributed by atoms with E-state index >= 15 is 0 Å². The number of aromatic nitrogens is 7. The number of aryl methyl sites for hydroxylation is 2. The molecule has 2 aliphatic carbocycles. The van der Waals surface area contributed by atoms with Crippen LogP contribution in [0.4, 0.5) is 22.0 Å². The van der Waals surface area contributed by atoms with Gasteiger partial charge in [0, 0.05) is 31.6 Å². The van der Waals surface area contributed by atoms with E-state index in [0.29, 0.717) is 47.2 Å². The molecule has 1 aliphatic heterocycles. The van der Waals surface area contributed by atoms with E-state index in [0.717, 1.165) is 19.3 Å². The van der Waals surface area contributed by atoms with Crippen molar-refractivity contribution in [2.45, 2.75) is 102 Å². The first kappa shape index (κ1) is 33.8. The molecule has 7 rings (SSSR count). The van der Waals surface area contributed by atoms with Crippen LogP contribution < -0.4 is 10.6 Å². The summed E-state index contributed by atoms with van der Waals surface area (Å²) in [7, 11) is 0. The van der Waals surface area contributed by atoms with E-state index in [4.69, 9.17) is 0 Å². The van der Waals surface area contributed by atoms with E-state index in [-0.39, 0.29) is 43.8 Å². The van der Waals surface area contributed by atoms with E-state index in [9.17, 15) is 31.5 Å². The predicted molar refractivity (Wildman–Crippen MR) is 152 cm³/mol. The summed E-state index contributed by atoms with van der Waals surface area (Å²) in [6, 6.07) is -0.155. The molecule has 3 fully saturated rings. The topological polar surface area (TPSA) is 166 Å². The van der Waals surface area contributed by atoms with E-state index in [1.54, 1.807) is 26.1 Å². The minimum absolute atomic E-state index is 0.118. The third kappa shape index (κ3) is 9.28.